The van der Waals surface area contributed by atoms with Gasteiger partial charge in [-0.2, -0.15) is 5.26 Å². The average molecular weight is 168 g/mol. The largest absolute Gasteiger partial charge is 0.315 e. The zero-order valence-electron chi connectivity index (χ0n) is 8.27. The third-order valence-corrected chi connectivity index (χ3v) is 2.02. The lowest BCUT2D eigenvalue weighted by Crippen LogP contribution is -2.22. The van der Waals surface area contributed by atoms with Crippen LogP contribution in [0.5, 0.6) is 0 Å². The molecule has 0 aromatic rings. The predicted octanol–water partition coefficient (Wildman–Crippen LogP) is 2.32. The maximum atomic E-state index is 8.64. The van der Waals surface area contributed by atoms with Gasteiger partial charge in [0.15, 0.2) is 0 Å². The van der Waals surface area contributed by atoms with E-state index in [1.54, 1.807) is 0 Å². The highest BCUT2D eigenvalue weighted by atomic mass is 14.8. The van der Waals surface area contributed by atoms with Crippen molar-refractivity contribution in [3.05, 3.63) is 0 Å². The molecule has 0 bridgehead atoms. The molecule has 2 heteroatoms. The van der Waals surface area contributed by atoms with Crippen molar-refractivity contribution < 1.29 is 0 Å². The molecule has 0 fully saturated rings. The quantitative estimate of drug-likeness (QED) is 0.592. The summed E-state index contributed by atoms with van der Waals surface area (Å²) in [6, 6.07) is 2.28. The molecule has 0 saturated heterocycles. The number of hydrogen-bond donors (Lipinski definition) is 1. The molecule has 12 heavy (non-hydrogen) atoms. The predicted molar refractivity (Wildman–Crippen MR) is 51.8 cm³/mol. The van der Waals surface area contributed by atoms with Crippen LogP contribution >= 0.6 is 0 Å². The molecule has 0 heterocycles. The van der Waals surface area contributed by atoms with Crippen molar-refractivity contribution in [2.75, 3.05) is 13.1 Å². The summed E-state index contributed by atoms with van der Waals surface area (Å²) in [4.78, 5) is 0. The Bertz CT molecular complexity index is 126. The van der Waals surface area contributed by atoms with Gasteiger partial charge in [-0.25, -0.2) is 0 Å². The van der Waals surface area contributed by atoms with Gasteiger partial charge >= 0.3 is 0 Å². The normalized spacial score (nSPS) is 12.4. The first kappa shape index (κ1) is 11.4. The zero-order chi connectivity index (χ0) is 9.23. The monoisotopic (exact) mass is 168 g/mol. The van der Waals surface area contributed by atoms with Gasteiger partial charge in [-0.1, -0.05) is 26.7 Å². The highest BCUT2D eigenvalue weighted by Crippen LogP contribution is 1.98. The summed E-state index contributed by atoms with van der Waals surface area (Å²) in [5.74, 6) is 0.201. The first-order valence-corrected chi connectivity index (χ1v) is 4.95. The minimum Gasteiger partial charge on any atom is -0.315 e. The molecule has 0 aliphatic carbocycles. The van der Waals surface area contributed by atoms with E-state index in [1.165, 1.54) is 19.3 Å². The molecular weight excluding hydrogens is 148 g/mol. The van der Waals surface area contributed by atoms with E-state index >= 15 is 0 Å². The molecular formula is C10H20N2. The van der Waals surface area contributed by atoms with Gasteiger partial charge in [-0.05, 0) is 19.4 Å². The lowest BCUT2D eigenvalue weighted by molar-refractivity contribution is 0.535. The molecule has 0 spiro atoms. The minimum atomic E-state index is 0.201. The van der Waals surface area contributed by atoms with Crippen LogP contribution < -0.4 is 5.32 Å². The molecule has 0 aromatic carbocycles. The van der Waals surface area contributed by atoms with Crippen LogP contribution in [0.1, 0.15) is 39.5 Å². The van der Waals surface area contributed by atoms with Gasteiger partial charge in [-0.3, -0.25) is 0 Å². The van der Waals surface area contributed by atoms with E-state index in [4.69, 9.17) is 5.26 Å². The minimum absolute atomic E-state index is 0.201. The summed E-state index contributed by atoms with van der Waals surface area (Å²) >= 11 is 0. The Kier molecular flexibility index (Phi) is 8.15. The Morgan fingerprint density at radius 1 is 1.33 bits per heavy atom. The van der Waals surface area contributed by atoms with Crippen LogP contribution in [-0.2, 0) is 0 Å². The van der Waals surface area contributed by atoms with Crippen LogP contribution in [0.25, 0.3) is 0 Å². The fourth-order valence-corrected chi connectivity index (χ4v) is 1.06. The third-order valence-electron chi connectivity index (χ3n) is 2.02. The lowest BCUT2D eigenvalue weighted by Gasteiger charge is -2.06. The average Bonchev–Trinajstić information content (AvgIpc) is 2.11. The van der Waals surface area contributed by atoms with E-state index in [0.717, 1.165) is 19.5 Å². The number of unbranched alkanes of at least 4 members (excludes halogenated alkanes) is 2. The van der Waals surface area contributed by atoms with E-state index in [2.05, 4.69) is 25.2 Å². The number of nitrogens with zero attached hydrogens (tertiary/aromatic N) is 1. The summed E-state index contributed by atoms with van der Waals surface area (Å²) in [5, 5.41) is 11.9. The van der Waals surface area contributed by atoms with E-state index in [9.17, 15) is 0 Å². The molecule has 70 valence electrons. The Balaban J connectivity index is 3.13. The Morgan fingerprint density at radius 2 is 2.08 bits per heavy atom. The number of nitriles is 1. The van der Waals surface area contributed by atoms with Crippen LogP contribution in [-0.4, -0.2) is 13.1 Å². The van der Waals surface area contributed by atoms with Gasteiger partial charge in [-0.15, -0.1) is 0 Å². The van der Waals surface area contributed by atoms with Crippen molar-refractivity contribution in [3.8, 4) is 6.07 Å². The highest BCUT2D eigenvalue weighted by molar-refractivity contribution is 4.82. The standard InChI is InChI=1S/C10H20N2/c1-3-5-6-7-12-9-10(4-2)8-11/h10,12H,3-7,9H2,1-2H3. The smallest absolute Gasteiger partial charge is 0.0669 e. The van der Waals surface area contributed by atoms with Crippen LogP contribution in [0.3, 0.4) is 0 Å². The Hall–Kier alpha value is -0.550. The van der Waals surface area contributed by atoms with E-state index in [-0.39, 0.29) is 5.92 Å². The van der Waals surface area contributed by atoms with E-state index in [0.29, 0.717) is 0 Å². The van der Waals surface area contributed by atoms with Gasteiger partial charge in [0.25, 0.3) is 0 Å². The van der Waals surface area contributed by atoms with Gasteiger partial charge in [0.2, 0.25) is 0 Å². The second-order valence-electron chi connectivity index (χ2n) is 3.15. The van der Waals surface area contributed by atoms with Crippen molar-refractivity contribution in [1.29, 1.82) is 5.26 Å². The van der Waals surface area contributed by atoms with Gasteiger partial charge in [0, 0.05) is 6.54 Å². The van der Waals surface area contributed by atoms with E-state index in [1.807, 2.05) is 0 Å². The number of nitrogens with one attached hydrogen (secondary N) is 1. The molecule has 0 amide bonds. The van der Waals surface area contributed by atoms with Crippen LogP contribution in [0.2, 0.25) is 0 Å². The molecule has 0 saturated carbocycles. The molecule has 0 aromatic heterocycles. The summed E-state index contributed by atoms with van der Waals surface area (Å²) in [5.41, 5.74) is 0. The summed E-state index contributed by atoms with van der Waals surface area (Å²) in [6.45, 7) is 6.18. The fourth-order valence-electron chi connectivity index (χ4n) is 1.06. The first-order valence-electron chi connectivity index (χ1n) is 4.95. The van der Waals surface area contributed by atoms with Crippen molar-refractivity contribution in [2.24, 2.45) is 5.92 Å². The van der Waals surface area contributed by atoms with Crippen LogP contribution in [0.15, 0.2) is 0 Å². The SMILES string of the molecule is CCCCCNCC(C#N)CC. The van der Waals surface area contributed by atoms with Crippen molar-refractivity contribution in [3.63, 3.8) is 0 Å². The highest BCUT2D eigenvalue weighted by Gasteiger charge is 2.01. The Labute approximate surface area is 76.0 Å². The molecule has 0 radical (unpaired) electrons. The summed E-state index contributed by atoms with van der Waals surface area (Å²) in [6.07, 6.45) is 4.74. The molecule has 0 aliphatic rings. The van der Waals surface area contributed by atoms with Crippen LogP contribution in [0, 0.1) is 17.2 Å². The van der Waals surface area contributed by atoms with Gasteiger partial charge < -0.3 is 5.32 Å². The van der Waals surface area contributed by atoms with Crippen molar-refractivity contribution in [2.45, 2.75) is 39.5 Å². The fraction of sp³-hybridized carbons (Fsp3) is 0.900. The molecule has 2 nitrogen and oxygen atoms in total. The summed E-state index contributed by atoms with van der Waals surface area (Å²) in [7, 11) is 0. The maximum Gasteiger partial charge on any atom is 0.0669 e. The molecule has 1 atom stereocenters. The van der Waals surface area contributed by atoms with Gasteiger partial charge in [0.1, 0.15) is 0 Å². The maximum absolute atomic E-state index is 8.64. The topological polar surface area (TPSA) is 35.8 Å². The Morgan fingerprint density at radius 3 is 2.58 bits per heavy atom. The molecule has 0 rings (SSSR count). The second-order valence-corrected chi connectivity index (χ2v) is 3.15. The van der Waals surface area contributed by atoms with Gasteiger partial charge in [0.05, 0.1) is 12.0 Å². The number of rotatable bonds is 7. The second kappa shape index (κ2) is 8.55. The summed E-state index contributed by atoms with van der Waals surface area (Å²) < 4.78 is 0. The molecule has 1 N–H and O–H groups in total. The van der Waals surface area contributed by atoms with Crippen molar-refractivity contribution >= 4 is 0 Å². The van der Waals surface area contributed by atoms with E-state index < -0.39 is 0 Å². The first-order chi connectivity index (χ1) is 5.85. The molecule has 1 unspecified atom stereocenters. The third kappa shape index (κ3) is 6.18. The zero-order valence-corrected chi connectivity index (χ0v) is 8.27. The number of hydrogen-bond acceptors (Lipinski definition) is 2. The van der Waals surface area contributed by atoms with Crippen molar-refractivity contribution in [1.82, 2.24) is 5.32 Å². The van der Waals surface area contributed by atoms with Crippen LogP contribution in [0.4, 0.5) is 0 Å². The lowest BCUT2D eigenvalue weighted by atomic mass is 10.1. The molecule has 0 aliphatic heterocycles.